The summed E-state index contributed by atoms with van der Waals surface area (Å²) in [5.41, 5.74) is 4.69. The molecule has 23 heavy (non-hydrogen) atoms. The van der Waals surface area contributed by atoms with E-state index >= 15 is 0 Å². The van der Waals surface area contributed by atoms with Crippen LogP contribution in [0.25, 0.3) is 0 Å². The maximum Gasteiger partial charge on any atom is 0.261 e. The van der Waals surface area contributed by atoms with Gasteiger partial charge in [0.25, 0.3) is 5.91 Å². The van der Waals surface area contributed by atoms with Gasteiger partial charge in [0.1, 0.15) is 5.75 Å². The molecule has 2 rings (SSSR count). The first kappa shape index (κ1) is 17.1. The lowest BCUT2D eigenvalue weighted by atomic mass is 10.1. The van der Waals surface area contributed by atoms with E-state index in [1.54, 1.807) is 0 Å². The second-order valence-corrected chi connectivity index (χ2v) is 5.91. The second-order valence-electron chi connectivity index (χ2n) is 5.91. The lowest BCUT2D eigenvalue weighted by molar-refractivity contribution is -0.128. The Bertz CT molecular complexity index is 679. The molecule has 0 aliphatic carbocycles. The maximum absolute atomic E-state index is 12.4. The fourth-order valence-electron chi connectivity index (χ4n) is 2.38. The summed E-state index contributed by atoms with van der Waals surface area (Å²) >= 11 is 0. The number of nitrogens with one attached hydrogen (secondary N) is 1. The van der Waals surface area contributed by atoms with Gasteiger partial charge in [-0.05, 0) is 61.6 Å². The van der Waals surface area contributed by atoms with Crippen LogP contribution in [0, 0.1) is 20.8 Å². The van der Waals surface area contributed by atoms with Crippen LogP contribution < -0.4 is 10.1 Å². The van der Waals surface area contributed by atoms with E-state index < -0.39 is 6.10 Å². The lowest BCUT2D eigenvalue weighted by Gasteiger charge is -2.18. The van der Waals surface area contributed by atoms with Gasteiger partial charge in [0, 0.05) is 6.54 Å². The van der Waals surface area contributed by atoms with Crippen LogP contribution in [0.15, 0.2) is 42.5 Å². The molecule has 0 radical (unpaired) electrons. The molecule has 0 saturated heterocycles. The molecule has 2 aromatic rings. The number of amides is 1. The van der Waals surface area contributed by atoms with Gasteiger partial charge >= 0.3 is 0 Å². The molecular formula is C20H25NO2. The first-order chi connectivity index (χ1) is 11.0. The zero-order valence-electron chi connectivity index (χ0n) is 14.3. The number of benzene rings is 2. The molecule has 0 aliphatic rings. The molecule has 2 aromatic carbocycles. The Hall–Kier alpha value is -2.29. The van der Waals surface area contributed by atoms with Crippen molar-refractivity contribution in [1.29, 1.82) is 0 Å². The molecule has 0 heterocycles. The van der Waals surface area contributed by atoms with Crippen LogP contribution in [0.5, 0.6) is 5.75 Å². The highest BCUT2D eigenvalue weighted by Crippen LogP contribution is 2.18. The van der Waals surface area contributed by atoms with E-state index in [9.17, 15) is 4.79 Å². The summed E-state index contributed by atoms with van der Waals surface area (Å²) in [5, 5.41) is 2.97. The van der Waals surface area contributed by atoms with Gasteiger partial charge in [-0.2, -0.15) is 0 Å². The molecular weight excluding hydrogens is 286 g/mol. The van der Waals surface area contributed by atoms with E-state index in [4.69, 9.17) is 4.74 Å². The Kier molecular flexibility index (Phi) is 5.80. The Labute approximate surface area is 138 Å². The number of hydrogen-bond acceptors (Lipinski definition) is 2. The highest BCUT2D eigenvalue weighted by atomic mass is 16.5. The van der Waals surface area contributed by atoms with Crippen molar-refractivity contribution in [2.24, 2.45) is 0 Å². The SMILES string of the molecule is CC[C@@H](Oc1ccc(C)c(C)c1)C(=O)NCc1ccccc1C. The van der Waals surface area contributed by atoms with Crippen LogP contribution in [0.4, 0.5) is 0 Å². The summed E-state index contributed by atoms with van der Waals surface area (Å²) in [5.74, 6) is 0.667. The topological polar surface area (TPSA) is 38.3 Å². The molecule has 0 fully saturated rings. The van der Waals surface area contributed by atoms with E-state index in [1.807, 2.05) is 63.2 Å². The third kappa shape index (κ3) is 4.59. The van der Waals surface area contributed by atoms with Crippen LogP contribution in [0.1, 0.15) is 35.6 Å². The molecule has 0 spiro atoms. The average molecular weight is 311 g/mol. The van der Waals surface area contributed by atoms with Crippen molar-refractivity contribution in [3.63, 3.8) is 0 Å². The molecule has 0 saturated carbocycles. The molecule has 3 nitrogen and oxygen atoms in total. The number of ether oxygens (including phenoxy) is 1. The standard InChI is InChI=1S/C20H25NO2/c1-5-19(23-18-11-10-14(2)16(4)12-18)20(22)21-13-17-9-7-6-8-15(17)3/h6-12,19H,5,13H2,1-4H3,(H,21,22)/t19-/m1/s1. The molecule has 1 amide bonds. The largest absolute Gasteiger partial charge is 0.481 e. The van der Waals surface area contributed by atoms with Gasteiger partial charge in [0.15, 0.2) is 6.10 Å². The lowest BCUT2D eigenvalue weighted by Crippen LogP contribution is -2.37. The van der Waals surface area contributed by atoms with Crippen molar-refractivity contribution in [2.45, 2.75) is 46.8 Å². The molecule has 3 heteroatoms. The number of aryl methyl sites for hydroxylation is 3. The zero-order valence-corrected chi connectivity index (χ0v) is 14.3. The Morgan fingerprint density at radius 2 is 1.78 bits per heavy atom. The molecule has 1 atom stereocenters. The summed E-state index contributed by atoms with van der Waals surface area (Å²) in [4.78, 5) is 12.4. The van der Waals surface area contributed by atoms with Crippen molar-refractivity contribution < 1.29 is 9.53 Å². The fourth-order valence-corrected chi connectivity index (χ4v) is 2.38. The van der Waals surface area contributed by atoms with Crippen molar-refractivity contribution in [1.82, 2.24) is 5.32 Å². The van der Waals surface area contributed by atoms with Gasteiger partial charge in [-0.25, -0.2) is 0 Å². The van der Waals surface area contributed by atoms with Crippen LogP contribution in [-0.4, -0.2) is 12.0 Å². The van der Waals surface area contributed by atoms with E-state index in [2.05, 4.69) is 12.2 Å². The summed E-state index contributed by atoms with van der Waals surface area (Å²) < 4.78 is 5.87. The number of carbonyl (C=O) groups is 1. The van der Waals surface area contributed by atoms with Crippen molar-refractivity contribution >= 4 is 5.91 Å². The first-order valence-corrected chi connectivity index (χ1v) is 8.07. The summed E-state index contributed by atoms with van der Waals surface area (Å²) in [6.07, 6.45) is 0.160. The van der Waals surface area contributed by atoms with Gasteiger partial charge in [-0.1, -0.05) is 37.3 Å². The predicted octanol–water partition coefficient (Wildman–Crippen LogP) is 4.09. The van der Waals surface area contributed by atoms with Gasteiger partial charge in [0.05, 0.1) is 0 Å². The van der Waals surface area contributed by atoms with Crippen molar-refractivity contribution in [3.8, 4) is 5.75 Å². The Morgan fingerprint density at radius 3 is 2.43 bits per heavy atom. The minimum absolute atomic E-state index is 0.0750. The van der Waals surface area contributed by atoms with E-state index in [-0.39, 0.29) is 5.91 Å². The molecule has 0 aliphatic heterocycles. The Morgan fingerprint density at radius 1 is 1.04 bits per heavy atom. The van der Waals surface area contributed by atoms with Crippen molar-refractivity contribution in [2.75, 3.05) is 0 Å². The Balaban J connectivity index is 1.98. The van der Waals surface area contributed by atoms with Gasteiger partial charge in [0.2, 0.25) is 0 Å². The molecule has 1 N–H and O–H groups in total. The predicted molar refractivity (Wildman–Crippen MR) is 93.6 cm³/mol. The van der Waals surface area contributed by atoms with Crippen LogP contribution >= 0.6 is 0 Å². The zero-order chi connectivity index (χ0) is 16.8. The molecule has 122 valence electrons. The monoisotopic (exact) mass is 311 g/mol. The van der Waals surface area contributed by atoms with Gasteiger partial charge < -0.3 is 10.1 Å². The minimum Gasteiger partial charge on any atom is -0.481 e. The number of rotatable bonds is 6. The van der Waals surface area contributed by atoms with Crippen LogP contribution in [0.2, 0.25) is 0 Å². The summed E-state index contributed by atoms with van der Waals surface area (Å²) in [6, 6.07) is 14.0. The quantitative estimate of drug-likeness (QED) is 0.872. The second kappa shape index (κ2) is 7.82. The van der Waals surface area contributed by atoms with Gasteiger partial charge in [-0.15, -0.1) is 0 Å². The van der Waals surface area contributed by atoms with Crippen LogP contribution in [-0.2, 0) is 11.3 Å². The maximum atomic E-state index is 12.4. The highest BCUT2D eigenvalue weighted by Gasteiger charge is 2.18. The van der Waals surface area contributed by atoms with Gasteiger partial charge in [-0.3, -0.25) is 4.79 Å². The van der Waals surface area contributed by atoms with Crippen molar-refractivity contribution in [3.05, 3.63) is 64.7 Å². The molecule has 0 unspecified atom stereocenters. The number of hydrogen-bond donors (Lipinski definition) is 1. The van der Waals surface area contributed by atoms with Crippen LogP contribution in [0.3, 0.4) is 0 Å². The third-order valence-electron chi connectivity index (χ3n) is 4.13. The van der Waals surface area contributed by atoms with E-state index in [0.717, 1.165) is 16.9 Å². The number of carbonyl (C=O) groups excluding carboxylic acids is 1. The molecule has 0 aromatic heterocycles. The smallest absolute Gasteiger partial charge is 0.261 e. The van der Waals surface area contributed by atoms with E-state index in [1.165, 1.54) is 11.1 Å². The minimum atomic E-state index is -0.471. The highest BCUT2D eigenvalue weighted by molar-refractivity contribution is 5.81. The van der Waals surface area contributed by atoms with E-state index in [0.29, 0.717) is 13.0 Å². The summed E-state index contributed by atoms with van der Waals surface area (Å²) in [6.45, 7) is 8.63. The first-order valence-electron chi connectivity index (χ1n) is 8.07. The fraction of sp³-hybridized carbons (Fsp3) is 0.350. The molecule has 0 bridgehead atoms. The normalized spacial score (nSPS) is 11.8. The summed E-state index contributed by atoms with van der Waals surface area (Å²) in [7, 11) is 0. The average Bonchev–Trinajstić information content (AvgIpc) is 2.54. The third-order valence-corrected chi connectivity index (χ3v) is 4.13.